The molecule has 1 amide bonds. The number of amides is 1. The molecule has 1 saturated heterocycles. The SMILES string of the molecule is CCN(CC)c1cc(C(=O)NCC2CCCO2)nc(-c2ccccc2)n1. The summed E-state index contributed by atoms with van der Waals surface area (Å²) < 4.78 is 5.57. The maximum Gasteiger partial charge on any atom is 0.270 e. The number of carbonyl (C=O) groups is 1. The first-order valence-electron chi connectivity index (χ1n) is 9.30. The third kappa shape index (κ3) is 4.38. The topological polar surface area (TPSA) is 67.4 Å². The molecule has 1 atom stereocenters. The van der Waals surface area contributed by atoms with Gasteiger partial charge in [0, 0.05) is 37.9 Å². The second-order valence-corrected chi connectivity index (χ2v) is 6.32. The number of anilines is 1. The molecule has 2 aromatic rings. The van der Waals surface area contributed by atoms with Gasteiger partial charge in [0.05, 0.1) is 6.10 Å². The Labute approximate surface area is 154 Å². The van der Waals surface area contributed by atoms with E-state index in [4.69, 9.17) is 4.74 Å². The first-order valence-corrected chi connectivity index (χ1v) is 9.30. The fourth-order valence-corrected chi connectivity index (χ4v) is 3.08. The minimum absolute atomic E-state index is 0.108. The van der Waals surface area contributed by atoms with E-state index >= 15 is 0 Å². The Hall–Kier alpha value is -2.47. The Kier molecular flexibility index (Phi) is 6.17. The number of aromatic nitrogens is 2. The van der Waals surface area contributed by atoms with E-state index in [2.05, 4.69) is 34.0 Å². The van der Waals surface area contributed by atoms with Gasteiger partial charge in [0.1, 0.15) is 11.5 Å². The number of benzene rings is 1. The van der Waals surface area contributed by atoms with Crippen molar-refractivity contribution in [3.8, 4) is 11.4 Å². The third-order valence-electron chi connectivity index (χ3n) is 4.58. The predicted octanol–water partition coefficient (Wildman–Crippen LogP) is 2.90. The first kappa shape index (κ1) is 18.3. The molecule has 1 aromatic heterocycles. The van der Waals surface area contributed by atoms with E-state index in [1.807, 2.05) is 30.3 Å². The number of nitrogens with one attached hydrogen (secondary N) is 1. The van der Waals surface area contributed by atoms with Crippen molar-refractivity contribution in [1.29, 1.82) is 0 Å². The molecule has 6 heteroatoms. The summed E-state index contributed by atoms with van der Waals surface area (Å²) in [6.45, 7) is 7.08. The number of nitrogens with zero attached hydrogens (tertiary/aromatic N) is 3. The molecule has 2 heterocycles. The minimum atomic E-state index is -0.187. The van der Waals surface area contributed by atoms with Crippen LogP contribution >= 0.6 is 0 Å². The average Bonchev–Trinajstić information content (AvgIpc) is 3.21. The highest BCUT2D eigenvalue weighted by Crippen LogP contribution is 2.20. The Morgan fingerprint density at radius 2 is 2.00 bits per heavy atom. The molecule has 3 rings (SSSR count). The molecule has 1 aromatic carbocycles. The molecule has 0 radical (unpaired) electrons. The van der Waals surface area contributed by atoms with E-state index in [1.165, 1.54) is 0 Å². The molecule has 1 fully saturated rings. The molecule has 0 aliphatic carbocycles. The van der Waals surface area contributed by atoms with Crippen molar-refractivity contribution in [2.75, 3.05) is 31.1 Å². The third-order valence-corrected chi connectivity index (χ3v) is 4.58. The van der Waals surface area contributed by atoms with E-state index in [0.717, 1.165) is 43.9 Å². The van der Waals surface area contributed by atoms with Gasteiger partial charge < -0.3 is 15.0 Å². The number of hydrogen-bond donors (Lipinski definition) is 1. The van der Waals surface area contributed by atoms with Crippen LogP contribution < -0.4 is 10.2 Å². The molecule has 6 nitrogen and oxygen atoms in total. The zero-order chi connectivity index (χ0) is 18.4. The van der Waals surface area contributed by atoms with Crippen molar-refractivity contribution >= 4 is 11.7 Å². The molecule has 138 valence electrons. The molecule has 0 bridgehead atoms. The molecular weight excluding hydrogens is 328 g/mol. The van der Waals surface area contributed by atoms with Crippen LogP contribution in [0, 0.1) is 0 Å². The number of rotatable bonds is 7. The van der Waals surface area contributed by atoms with Crippen LogP contribution in [-0.4, -0.2) is 48.2 Å². The average molecular weight is 354 g/mol. The zero-order valence-corrected chi connectivity index (χ0v) is 15.4. The molecule has 1 unspecified atom stereocenters. The highest BCUT2D eigenvalue weighted by molar-refractivity contribution is 5.93. The summed E-state index contributed by atoms with van der Waals surface area (Å²) in [5, 5.41) is 2.95. The van der Waals surface area contributed by atoms with Gasteiger partial charge in [-0.2, -0.15) is 0 Å². The summed E-state index contributed by atoms with van der Waals surface area (Å²) in [5.74, 6) is 1.15. The minimum Gasteiger partial charge on any atom is -0.376 e. The highest BCUT2D eigenvalue weighted by Gasteiger charge is 2.19. The first-order chi connectivity index (χ1) is 12.7. The zero-order valence-electron chi connectivity index (χ0n) is 15.4. The number of carbonyl (C=O) groups excluding carboxylic acids is 1. The molecular formula is C20H26N4O2. The lowest BCUT2D eigenvalue weighted by Gasteiger charge is -2.21. The van der Waals surface area contributed by atoms with Gasteiger partial charge in [-0.3, -0.25) is 4.79 Å². The summed E-state index contributed by atoms with van der Waals surface area (Å²) in [7, 11) is 0. The van der Waals surface area contributed by atoms with E-state index in [1.54, 1.807) is 6.07 Å². The van der Waals surface area contributed by atoms with Gasteiger partial charge in [0.2, 0.25) is 0 Å². The van der Waals surface area contributed by atoms with Crippen molar-refractivity contribution < 1.29 is 9.53 Å². The van der Waals surface area contributed by atoms with Crippen molar-refractivity contribution in [2.24, 2.45) is 0 Å². The molecule has 0 saturated carbocycles. The smallest absolute Gasteiger partial charge is 0.270 e. The van der Waals surface area contributed by atoms with Gasteiger partial charge >= 0.3 is 0 Å². The van der Waals surface area contributed by atoms with Gasteiger partial charge in [0.15, 0.2) is 5.82 Å². The Balaban J connectivity index is 1.87. The van der Waals surface area contributed by atoms with Crippen LogP contribution in [0.3, 0.4) is 0 Å². The lowest BCUT2D eigenvalue weighted by molar-refractivity contribution is 0.0853. The van der Waals surface area contributed by atoms with E-state index in [0.29, 0.717) is 18.1 Å². The van der Waals surface area contributed by atoms with Crippen molar-refractivity contribution in [1.82, 2.24) is 15.3 Å². The van der Waals surface area contributed by atoms with Crippen LogP contribution in [0.15, 0.2) is 36.4 Å². The van der Waals surface area contributed by atoms with E-state index in [9.17, 15) is 4.79 Å². The largest absolute Gasteiger partial charge is 0.376 e. The summed E-state index contributed by atoms with van der Waals surface area (Å²) in [6.07, 6.45) is 2.15. The van der Waals surface area contributed by atoms with E-state index in [-0.39, 0.29) is 12.0 Å². The predicted molar refractivity (Wildman–Crippen MR) is 102 cm³/mol. The Morgan fingerprint density at radius 1 is 1.23 bits per heavy atom. The van der Waals surface area contributed by atoms with Gasteiger partial charge in [-0.25, -0.2) is 9.97 Å². The van der Waals surface area contributed by atoms with Gasteiger partial charge in [-0.1, -0.05) is 30.3 Å². The van der Waals surface area contributed by atoms with Crippen molar-refractivity contribution in [3.63, 3.8) is 0 Å². The van der Waals surface area contributed by atoms with Crippen LogP contribution in [0.25, 0.3) is 11.4 Å². The Bertz CT molecular complexity index is 726. The van der Waals surface area contributed by atoms with Crippen LogP contribution in [0.2, 0.25) is 0 Å². The second-order valence-electron chi connectivity index (χ2n) is 6.32. The standard InChI is InChI=1S/C20H26N4O2/c1-3-24(4-2)18-13-17(20(25)21-14-16-11-8-12-26-16)22-19(23-18)15-9-6-5-7-10-15/h5-7,9-10,13,16H,3-4,8,11-12,14H2,1-2H3,(H,21,25). The van der Waals surface area contributed by atoms with Gasteiger partial charge in [0.25, 0.3) is 5.91 Å². The highest BCUT2D eigenvalue weighted by atomic mass is 16.5. The fourth-order valence-electron chi connectivity index (χ4n) is 3.08. The van der Waals surface area contributed by atoms with Gasteiger partial charge in [-0.05, 0) is 26.7 Å². The maximum absolute atomic E-state index is 12.7. The van der Waals surface area contributed by atoms with Gasteiger partial charge in [-0.15, -0.1) is 0 Å². The number of ether oxygens (including phenoxy) is 1. The monoisotopic (exact) mass is 354 g/mol. The number of hydrogen-bond acceptors (Lipinski definition) is 5. The molecule has 1 aliphatic rings. The van der Waals surface area contributed by atoms with Crippen LogP contribution in [-0.2, 0) is 4.74 Å². The maximum atomic E-state index is 12.7. The normalized spacial score (nSPS) is 16.5. The Morgan fingerprint density at radius 3 is 2.65 bits per heavy atom. The lowest BCUT2D eigenvalue weighted by Crippen LogP contribution is -2.33. The summed E-state index contributed by atoms with van der Waals surface area (Å²) in [6, 6.07) is 11.5. The van der Waals surface area contributed by atoms with Crippen LogP contribution in [0.4, 0.5) is 5.82 Å². The summed E-state index contributed by atoms with van der Waals surface area (Å²) >= 11 is 0. The molecule has 1 aliphatic heterocycles. The molecule has 0 spiro atoms. The van der Waals surface area contributed by atoms with Crippen molar-refractivity contribution in [2.45, 2.75) is 32.8 Å². The van der Waals surface area contributed by atoms with Crippen LogP contribution in [0.1, 0.15) is 37.2 Å². The second kappa shape index (κ2) is 8.76. The fraction of sp³-hybridized carbons (Fsp3) is 0.450. The van der Waals surface area contributed by atoms with Crippen molar-refractivity contribution in [3.05, 3.63) is 42.1 Å². The molecule has 26 heavy (non-hydrogen) atoms. The summed E-state index contributed by atoms with van der Waals surface area (Å²) in [4.78, 5) is 24.0. The lowest BCUT2D eigenvalue weighted by atomic mass is 10.2. The summed E-state index contributed by atoms with van der Waals surface area (Å²) in [5.41, 5.74) is 1.29. The quantitative estimate of drug-likeness (QED) is 0.828. The van der Waals surface area contributed by atoms with Crippen LogP contribution in [0.5, 0.6) is 0 Å². The molecule has 1 N–H and O–H groups in total. The van der Waals surface area contributed by atoms with E-state index < -0.39 is 0 Å².